The van der Waals surface area contributed by atoms with Gasteiger partial charge in [-0.2, -0.15) is 0 Å². The summed E-state index contributed by atoms with van der Waals surface area (Å²) >= 11 is 3.37. The van der Waals surface area contributed by atoms with Crippen LogP contribution in [-0.2, 0) is 4.79 Å². The van der Waals surface area contributed by atoms with Crippen molar-refractivity contribution in [1.29, 1.82) is 0 Å². The molecule has 3 nitrogen and oxygen atoms in total. The molecule has 4 heteroatoms. The molecule has 0 radical (unpaired) electrons. The Morgan fingerprint density at radius 2 is 1.94 bits per heavy atom. The molecular formula is C14H27BrN2O. The number of rotatable bonds is 6. The third kappa shape index (κ3) is 5.70. The smallest absolute Gasteiger partial charge is 0.236 e. The molecule has 1 rings (SSSR count). The molecule has 1 fully saturated rings. The summed E-state index contributed by atoms with van der Waals surface area (Å²) in [5.74, 6) is 0.0721. The molecule has 0 saturated heterocycles. The molecule has 1 aliphatic rings. The lowest BCUT2D eigenvalue weighted by Gasteiger charge is -2.31. The average molecular weight is 319 g/mol. The van der Waals surface area contributed by atoms with Crippen LogP contribution in [0, 0.1) is 0 Å². The normalized spacial score (nSPS) is 18.1. The summed E-state index contributed by atoms with van der Waals surface area (Å²) in [5.41, 5.74) is 0. The fourth-order valence-electron chi connectivity index (χ4n) is 2.44. The Morgan fingerprint density at radius 3 is 2.50 bits per heavy atom. The van der Waals surface area contributed by atoms with Crippen molar-refractivity contribution >= 4 is 21.8 Å². The molecule has 0 heterocycles. The summed E-state index contributed by atoms with van der Waals surface area (Å²) in [6.07, 6.45) is 7.88. The second-order valence-electron chi connectivity index (χ2n) is 5.85. The minimum atomic E-state index is -0.456. The van der Waals surface area contributed by atoms with Gasteiger partial charge in [-0.15, -0.1) is 0 Å². The number of nitrogens with zero attached hydrogens (tertiary/aromatic N) is 1. The Kier molecular flexibility index (Phi) is 6.64. The first kappa shape index (κ1) is 16.0. The SMILES string of the molecule is CN(CCCNC(=O)C(C)(C)Br)C1CCCCC1. The maximum atomic E-state index is 11.6. The summed E-state index contributed by atoms with van der Waals surface area (Å²) in [6.45, 7) is 5.59. The number of amides is 1. The van der Waals surface area contributed by atoms with Gasteiger partial charge in [0.15, 0.2) is 0 Å². The number of alkyl halides is 1. The maximum Gasteiger partial charge on any atom is 0.236 e. The van der Waals surface area contributed by atoms with Gasteiger partial charge in [0, 0.05) is 12.6 Å². The number of hydrogen-bond acceptors (Lipinski definition) is 2. The molecule has 0 aliphatic heterocycles. The fraction of sp³-hybridized carbons (Fsp3) is 0.929. The van der Waals surface area contributed by atoms with Crippen molar-refractivity contribution in [2.45, 2.75) is 62.7 Å². The van der Waals surface area contributed by atoms with E-state index in [1.165, 1.54) is 32.1 Å². The van der Waals surface area contributed by atoms with Crippen molar-refractivity contribution in [2.75, 3.05) is 20.1 Å². The van der Waals surface area contributed by atoms with Crippen LogP contribution in [0.5, 0.6) is 0 Å². The second-order valence-corrected chi connectivity index (χ2v) is 7.84. The van der Waals surface area contributed by atoms with Crippen molar-refractivity contribution < 1.29 is 4.79 Å². The van der Waals surface area contributed by atoms with Crippen LogP contribution in [0.2, 0.25) is 0 Å². The first-order chi connectivity index (χ1) is 8.41. The highest BCUT2D eigenvalue weighted by Gasteiger charge is 2.23. The number of nitrogens with one attached hydrogen (secondary N) is 1. The predicted octanol–water partition coefficient (Wildman–Crippen LogP) is 2.93. The van der Waals surface area contributed by atoms with Crippen molar-refractivity contribution in [1.82, 2.24) is 10.2 Å². The van der Waals surface area contributed by atoms with Crippen molar-refractivity contribution in [3.05, 3.63) is 0 Å². The standard InChI is InChI=1S/C14H27BrN2O/c1-14(2,15)13(18)16-10-7-11-17(3)12-8-5-4-6-9-12/h12H,4-11H2,1-3H3,(H,16,18). The Balaban J connectivity index is 2.12. The Morgan fingerprint density at radius 1 is 1.33 bits per heavy atom. The van der Waals surface area contributed by atoms with Gasteiger partial charge >= 0.3 is 0 Å². The molecule has 0 aromatic heterocycles. The quantitative estimate of drug-likeness (QED) is 0.603. The molecule has 0 aromatic rings. The van der Waals surface area contributed by atoms with E-state index in [9.17, 15) is 4.79 Å². The lowest BCUT2D eigenvalue weighted by Crippen LogP contribution is -2.40. The van der Waals surface area contributed by atoms with Crippen LogP contribution in [0.3, 0.4) is 0 Å². The largest absolute Gasteiger partial charge is 0.355 e. The van der Waals surface area contributed by atoms with Gasteiger partial charge in [0.1, 0.15) is 0 Å². The number of carbonyl (C=O) groups excluding carboxylic acids is 1. The van der Waals surface area contributed by atoms with E-state index in [1.54, 1.807) is 0 Å². The number of carbonyl (C=O) groups is 1. The molecule has 0 atom stereocenters. The Hall–Kier alpha value is -0.0900. The van der Waals surface area contributed by atoms with Crippen LogP contribution in [0.15, 0.2) is 0 Å². The van der Waals surface area contributed by atoms with Gasteiger partial charge < -0.3 is 10.2 Å². The molecular weight excluding hydrogens is 292 g/mol. The van der Waals surface area contributed by atoms with Crippen LogP contribution >= 0.6 is 15.9 Å². The summed E-state index contributed by atoms with van der Waals surface area (Å²) in [5, 5.41) is 2.97. The van der Waals surface area contributed by atoms with E-state index in [2.05, 4.69) is 33.2 Å². The predicted molar refractivity (Wildman–Crippen MR) is 80.1 cm³/mol. The minimum absolute atomic E-state index is 0.0721. The van der Waals surface area contributed by atoms with E-state index in [0.717, 1.165) is 25.6 Å². The third-order valence-corrected chi connectivity index (χ3v) is 4.07. The van der Waals surface area contributed by atoms with Gasteiger partial charge in [0.25, 0.3) is 0 Å². The van der Waals surface area contributed by atoms with E-state index in [4.69, 9.17) is 0 Å². The van der Waals surface area contributed by atoms with Gasteiger partial charge in [-0.1, -0.05) is 35.2 Å². The zero-order valence-corrected chi connectivity index (χ0v) is 13.6. The third-order valence-electron chi connectivity index (χ3n) is 3.71. The van der Waals surface area contributed by atoms with Crippen molar-refractivity contribution in [3.63, 3.8) is 0 Å². The zero-order chi connectivity index (χ0) is 13.6. The monoisotopic (exact) mass is 318 g/mol. The van der Waals surface area contributed by atoms with E-state index in [1.807, 2.05) is 13.8 Å². The lowest BCUT2D eigenvalue weighted by molar-refractivity contribution is -0.122. The van der Waals surface area contributed by atoms with E-state index < -0.39 is 4.32 Å². The van der Waals surface area contributed by atoms with Crippen LogP contribution in [0.1, 0.15) is 52.4 Å². The minimum Gasteiger partial charge on any atom is -0.355 e. The molecule has 1 saturated carbocycles. The highest BCUT2D eigenvalue weighted by Crippen LogP contribution is 2.21. The number of halogens is 1. The van der Waals surface area contributed by atoms with Gasteiger partial charge in [-0.05, 0) is 46.7 Å². The Labute approximate surface area is 120 Å². The summed E-state index contributed by atoms with van der Waals surface area (Å²) in [6, 6.07) is 0.766. The summed E-state index contributed by atoms with van der Waals surface area (Å²) in [4.78, 5) is 14.1. The first-order valence-electron chi connectivity index (χ1n) is 7.08. The molecule has 18 heavy (non-hydrogen) atoms. The van der Waals surface area contributed by atoms with E-state index in [0.29, 0.717) is 0 Å². The van der Waals surface area contributed by atoms with Crippen LogP contribution < -0.4 is 5.32 Å². The molecule has 0 unspecified atom stereocenters. The van der Waals surface area contributed by atoms with Gasteiger partial charge in [0.2, 0.25) is 5.91 Å². The fourth-order valence-corrected chi connectivity index (χ4v) is 2.59. The molecule has 1 N–H and O–H groups in total. The van der Waals surface area contributed by atoms with Crippen LogP contribution in [-0.4, -0.2) is 41.3 Å². The summed E-state index contributed by atoms with van der Waals surface area (Å²) in [7, 11) is 2.21. The van der Waals surface area contributed by atoms with Crippen LogP contribution in [0.25, 0.3) is 0 Å². The first-order valence-corrected chi connectivity index (χ1v) is 7.88. The average Bonchev–Trinajstić information content (AvgIpc) is 2.34. The number of hydrogen-bond donors (Lipinski definition) is 1. The molecule has 1 amide bonds. The lowest BCUT2D eigenvalue weighted by atomic mass is 9.94. The topological polar surface area (TPSA) is 32.3 Å². The molecule has 106 valence electrons. The second kappa shape index (κ2) is 7.49. The highest BCUT2D eigenvalue weighted by molar-refractivity contribution is 9.10. The van der Waals surface area contributed by atoms with Crippen molar-refractivity contribution in [3.8, 4) is 0 Å². The maximum absolute atomic E-state index is 11.6. The summed E-state index contributed by atoms with van der Waals surface area (Å²) < 4.78 is -0.456. The molecule has 0 aromatic carbocycles. The van der Waals surface area contributed by atoms with E-state index in [-0.39, 0.29) is 5.91 Å². The van der Waals surface area contributed by atoms with Crippen molar-refractivity contribution in [2.24, 2.45) is 0 Å². The molecule has 0 spiro atoms. The molecule has 1 aliphatic carbocycles. The van der Waals surface area contributed by atoms with Crippen LogP contribution in [0.4, 0.5) is 0 Å². The van der Waals surface area contributed by atoms with Gasteiger partial charge in [0.05, 0.1) is 4.32 Å². The zero-order valence-electron chi connectivity index (χ0n) is 12.0. The highest BCUT2D eigenvalue weighted by atomic mass is 79.9. The van der Waals surface area contributed by atoms with Gasteiger partial charge in [-0.25, -0.2) is 0 Å². The van der Waals surface area contributed by atoms with Gasteiger partial charge in [-0.3, -0.25) is 4.79 Å². The van der Waals surface area contributed by atoms with E-state index >= 15 is 0 Å². The molecule has 0 bridgehead atoms. The Bertz CT molecular complexity index is 257.